The zero-order valence-electron chi connectivity index (χ0n) is 18.4. The van der Waals surface area contributed by atoms with Crippen LogP contribution in [-0.2, 0) is 14.3 Å². The Morgan fingerprint density at radius 1 is 1.09 bits per heavy atom. The molecular weight excluding hydrogens is 469 g/mol. The van der Waals surface area contributed by atoms with Crippen molar-refractivity contribution in [2.45, 2.75) is 36.6 Å². The second-order valence-corrected chi connectivity index (χ2v) is 8.64. The molecule has 0 aromatic heterocycles. The summed E-state index contributed by atoms with van der Waals surface area (Å²) < 4.78 is 46.1. The van der Waals surface area contributed by atoms with Crippen LogP contribution in [-0.4, -0.2) is 70.6 Å². The van der Waals surface area contributed by atoms with Gasteiger partial charge in [-0.3, -0.25) is 4.79 Å². The van der Waals surface area contributed by atoms with Crippen LogP contribution in [0, 0.1) is 0 Å². The number of carboxylic acids is 1. The molecular formula is C24H23F3N2O6. The summed E-state index contributed by atoms with van der Waals surface area (Å²) in [5.41, 5.74) is 1.26. The van der Waals surface area contributed by atoms with Gasteiger partial charge in [0.1, 0.15) is 6.61 Å². The van der Waals surface area contributed by atoms with Crippen molar-refractivity contribution < 1.29 is 42.5 Å². The van der Waals surface area contributed by atoms with Gasteiger partial charge in [-0.25, -0.2) is 9.59 Å². The Bertz CT molecular complexity index is 1110. The molecule has 1 saturated heterocycles. The Kier molecular flexibility index (Phi) is 6.46. The topological polar surface area (TPSA) is 116 Å². The van der Waals surface area contributed by atoms with Crippen LogP contribution in [0.4, 0.5) is 18.0 Å². The third-order valence-corrected chi connectivity index (χ3v) is 6.36. The molecule has 0 saturated carbocycles. The van der Waals surface area contributed by atoms with E-state index in [-0.39, 0.29) is 31.9 Å². The molecule has 2 aromatic carbocycles. The fourth-order valence-electron chi connectivity index (χ4n) is 4.62. The zero-order valence-corrected chi connectivity index (χ0v) is 18.4. The average Bonchev–Trinajstić information content (AvgIpc) is 3.14. The molecule has 0 bridgehead atoms. The number of carbonyl (C=O) groups is 3. The monoisotopic (exact) mass is 492 g/mol. The highest BCUT2D eigenvalue weighted by Gasteiger charge is 2.51. The Morgan fingerprint density at radius 2 is 1.66 bits per heavy atom. The van der Waals surface area contributed by atoms with Gasteiger partial charge in [0.2, 0.25) is 6.04 Å². The van der Waals surface area contributed by atoms with Crippen LogP contribution in [0.5, 0.6) is 0 Å². The van der Waals surface area contributed by atoms with Crippen molar-refractivity contribution in [3.8, 4) is 11.1 Å². The van der Waals surface area contributed by atoms with E-state index in [0.29, 0.717) is 4.90 Å². The van der Waals surface area contributed by atoms with E-state index in [1.54, 1.807) is 5.32 Å². The van der Waals surface area contributed by atoms with Gasteiger partial charge >= 0.3 is 18.2 Å². The number of β-amino-alcohol motifs (C(OH)–C–C–N with tert-alkyl or cyclic N) is 1. The van der Waals surface area contributed by atoms with Crippen LogP contribution in [0.3, 0.4) is 0 Å². The van der Waals surface area contributed by atoms with Gasteiger partial charge in [0.15, 0.2) is 5.60 Å². The van der Waals surface area contributed by atoms with Crippen LogP contribution in [0.1, 0.15) is 29.9 Å². The van der Waals surface area contributed by atoms with Crippen molar-refractivity contribution in [1.82, 2.24) is 10.2 Å². The highest BCUT2D eigenvalue weighted by Crippen LogP contribution is 2.44. The molecule has 1 aliphatic carbocycles. The first-order valence-corrected chi connectivity index (χ1v) is 10.9. The van der Waals surface area contributed by atoms with Gasteiger partial charge in [-0.2, -0.15) is 13.2 Å². The van der Waals surface area contributed by atoms with E-state index >= 15 is 0 Å². The van der Waals surface area contributed by atoms with E-state index in [1.165, 1.54) is 0 Å². The van der Waals surface area contributed by atoms with Crippen molar-refractivity contribution >= 4 is 18.0 Å². The molecule has 2 atom stereocenters. The first-order valence-electron chi connectivity index (χ1n) is 10.9. The molecule has 186 valence electrons. The molecule has 2 aromatic rings. The average molecular weight is 492 g/mol. The van der Waals surface area contributed by atoms with Crippen molar-refractivity contribution in [2.24, 2.45) is 0 Å². The van der Waals surface area contributed by atoms with Gasteiger partial charge in [-0.05, 0) is 35.1 Å². The second-order valence-electron chi connectivity index (χ2n) is 8.64. The fourth-order valence-corrected chi connectivity index (χ4v) is 4.62. The predicted octanol–water partition coefficient (Wildman–Crippen LogP) is 2.89. The van der Waals surface area contributed by atoms with Gasteiger partial charge in [-0.15, -0.1) is 0 Å². The number of aliphatic hydroxyl groups is 1. The summed E-state index contributed by atoms with van der Waals surface area (Å²) in [6.07, 6.45) is -6.82. The maximum Gasteiger partial charge on any atom is 0.417 e. The highest BCUT2D eigenvalue weighted by molar-refractivity contribution is 5.88. The summed E-state index contributed by atoms with van der Waals surface area (Å²) in [7, 11) is 0. The lowest BCUT2D eigenvalue weighted by atomic mass is 9.92. The number of fused-ring (bicyclic) bond motifs is 3. The molecule has 2 aliphatic rings. The minimum atomic E-state index is -5.17. The van der Waals surface area contributed by atoms with E-state index in [0.717, 1.165) is 22.3 Å². The van der Waals surface area contributed by atoms with Crippen LogP contribution in [0.2, 0.25) is 0 Å². The van der Waals surface area contributed by atoms with Crippen molar-refractivity contribution in [1.29, 1.82) is 0 Å². The standard InChI is InChI=1S/C24H23F3N2O6/c25-24(26,27)19(20(30)29-11-5-10-23(34,13-29)21(31)32)28-22(33)35-12-18-16-8-3-1-6-14(16)15-7-2-4-9-17(15)18/h1-4,6-9,18-19,34H,5,10-13H2,(H,28,33)(H,31,32). The molecule has 2 amide bonds. The molecule has 0 radical (unpaired) electrons. The molecule has 8 nitrogen and oxygen atoms in total. The zero-order chi connectivity index (χ0) is 25.4. The quantitative estimate of drug-likeness (QED) is 0.591. The summed E-state index contributed by atoms with van der Waals surface area (Å²) in [6, 6.07) is 11.9. The highest BCUT2D eigenvalue weighted by atomic mass is 19.4. The molecule has 1 aliphatic heterocycles. The number of hydrogen-bond acceptors (Lipinski definition) is 5. The van der Waals surface area contributed by atoms with Crippen LogP contribution < -0.4 is 5.32 Å². The van der Waals surface area contributed by atoms with Gasteiger partial charge in [0.05, 0.1) is 6.54 Å². The number of alkyl carbamates (subject to hydrolysis) is 1. The summed E-state index contributed by atoms with van der Waals surface area (Å²) in [5, 5.41) is 20.8. The van der Waals surface area contributed by atoms with Gasteiger partial charge in [0, 0.05) is 12.5 Å². The molecule has 3 N–H and O–H groups in total. The number of nitrogens with zero attached hydrogens (tertiary/aromatic N) is 1. The second kappa shape index (κ2) is 9.21. The number of alkyl halides is 3. The summed E-state index contributed by atoms with van der Waals surface area (Å²) in [6.45, 7) is -1.26. The van der Waals surface area contributed by atoms with E-state index in [1.807, 2.05) is 48.5 Å². The minimum absolute atomic E-state index is 0.00986. The van der Waals surface area contributed by atoms with E-state index in [2.05, 4.69) is 0 Å². The number of halogens is 3. The van der Waals surface area contributed by atoms with Gasteiger partial charge < -0.3 is 25.2 Å². The van der Waals surface area contributed by atoms with Crippen LogP contribution in [0.25, 0.3) is 11.1 Å². The maximum absolute atomic E-state index is 13.7. The first kappa shape index (κ1) is 24.5. The third kappa shape index (κ3) is 4.81. The largest absolute Gasteiger partial charge is 0.479 e. The number of nitrogens with one attached hydrogen (secondary N) is 1. The number of piperidine rings is 1. The number of hydrogen-bond donors (Lipinski definition) is 3. The van der Waals surface area contributed by atoms with E-state index in [4.69, 9.17) is 9.84 Å². The predicted molar refractivity (Wildman–Crippen MR) is 116 cm³/mol. The fraction of sp³-hybridized carbons (Fsp3) is 0.375. The van der Waals surface area contributed by atoms with Crippen molar-refractivity contribution in [2.75, 3.05) is 19.7 Å². The number of rotatable bonds is 5. The first-order chi connectivity index (χ1) is 16.5. The molecule has 1 fully saturated rings. The molecule has 35 heavy (non-hydrogen) atoms. The summed E-state index contributed by atoms with van der Waals surface area (Å²) in [5.74, 6) is -3.59. The lowest BCUT2D eigenvalue weighted by Gasteiger charge is -2.38. The van der Waals surface area contributed by atoms with E-state index < -0.39 is 42.3 Å². The number of aliphatic carboxylic acids is 1. The molecule has 0 spiro atoms. The van der Waals surface area contributed by atoms with Crippen LogP contribution >= 0.6 is 0 Å². The Hall–Kier alpha value is -3.60. The Labute approximate surface area is 198 Å². The normalized spacial score (nSPS) is 20.5. The van der Waals surface area contributed by atoms with Gasteiger partial charge in [0.25, 0.3) is 5.91 Å². The smallest absolute Gasteiger partial charge is 0.417 e. The number of likely N-dealkylation sites (tertiary alicyclic amines) is 1. The van der Waals surface area contributed by atoms with Crippen molar-refractivity contribution in [3.63, 3.8) is 0 Å². The summed E-state index contributed by atoms with van der Waals surface area (Å²) in [4.78, 5) is 36.8. The SMILES string of the molecule is O=C(NC(C(=O)N1CCCC(O)(C(=O)O)C1)C(F)(F)F)OCC1c2ccccc2-c2ccccc21. The minimum Gasteiger partial charge on any atom is -0.479 e. The third-order valence-electron chi connectivity index (χ3n) is 6.36. The number of ether oxygens (including phenoxy) is 1. The van der Waals surface area contributed by atoms with Crippen molar-refractivity contribution in [3.05, 3.63) is 59.7 Å². The lowest BCUT2D eigenvalue weighted by molar-refractivity contribution is -0.181. The lowest BCUT2D eigenvalue weighted by Crippen LogP contribution is -2.61. The molecule has 2 unspecified atom stereocenters. The molecule has 1 heterocycles. The number of benzene rings is 2. The van der Waals surface area contributed by atoms with E-state index in [9.17, 15) is 32.7 Å². The van der Waals surface area contributed by atoms with Crippen LogP contribution in [0.15, 0.2) is 48.5 Å². The number of carbonyl (C=O) groups excluding carboxylic acids is 2. The number of amides is 2. The van der Waals surface area contributed by atoms with Gasteiger partial charge in [-0.1, -0.05) is 48.5 Å². The summed E-state index contributed by atoms with van der Waals surface area (Å²) >= 11 is 0. The molecule has 4 rings (SSSR count). The Morgan fingerprint density at radius 3 is 2.20 bits per heavy atom. The molecule has 11 heteroatoms. The number of carboxylic acid groups (broad SMARTS) is 1. The Balaban J connectivity index is 1.46. The maximum atomic E-state index is 13.7.